The Labute approximate surface area is 287 Å². The summed E-state index contributed by atoms with van der Waals surface area (Å²) in [5.74, 6) is 0. The SMILES string of the molecule is CCN(CC)c1ccc2cc(-c3ccc4c(c3)c3cc(-c5cc6ccc7ccccc7c6oc5=O)ccc3n4-c3ccccc3)c(=O)oc2c1. The van der Waals surface area contributed by atoms with Crippen molar-refractivity contribution in [2.75, 3.05) is 18.0 Å². The fourth-order valence-corrected chi connectivity index (χ4v) is 7.35. The lowest BCUT2D eigenvalue weighted by molar-refractivity contribution is 0.563. The molecule has 3 heterocycles. The molecule has 0 radical (unpaired) electrons. The van der Waals surface area contributed by atoms with Crippen molar-refractivity contribution < 1.29 is 8.83 Å². The van der Waals surface area contributed by atoms with Gasteiger partial charge < -0.3 is 18.3 Å². The van der Waals surface area contributed by atoms with E-state index in [0.717, 1.165) is 78.9 Å². The summed E-state index contributed by atoms with van der Waals surface area (Å²) >= 11 is 0. The minimum Gasteiger partial charge on any atom is -0.422 e. The summed E-state index contributed by atoms with van der Waals surface area (Å²) in [6.45, 7) is 5.95. The lowest BCUT2D eigenvalue weighted by Crippen LogP contribution is -2.21. The first kappa shape index (κ1) is 29.7. The Morgan fingerprint density at radius 3 is 1.84 bits per heavy atom. The van der Waals surface area contributed by atoms with Crippen molar-refractivity contribution in [3.8, 4) is 27.9 Å². The highest BCUT2D eigenvalue weighted by Gasteiger charge is 2.18. The summed E-state index contributed by atoms with van der Waals surface area (Å²) in [7, 11) is 0. The average molecular weight is 653 g/mol. The van der Waals surface area contributed by atoms with E-state index in [1.165, 1.54) is 0 Å². The molecule has 0 N–H and O–H groups in total. The van der Waals surface area contributed by atoms with Gasteiger partial charge in [0, 0.05) is 57.5 Å². The lowest BCUT2D eigenvalue weighted by Gasteiger charge is -2.21. The molecule has 0 spiro atoms. The summed E-state index contributed by atoms with van der Waals surface area (Å²) in [6, 6.07) is 44.2. The number of para-hydroxylation sites is 1. The number of benzene rings is 6. The van der Waals surface area contributed by atoms with E-state index in [9.17, 15) is 9.59 Å². The molecule has 0 unspecified atom stereocenters. The lowest BCUT2D eigenvalue weighted by atomic mass is 10.00. The van der Waals surface area contributed by atoms with E-state index in [-0.39, 0.29) is 5.63 Å². The second kappa shape index (κ2) is 11.6. The molecule has 50 heavy (non-hydrogen) atoms. The van der Waals surface area contributed by atoms with Gasteiger partial charge in [-0.25, -0.2) is 9.59 Å². The Hall–Kier alpha value is -6.40. The van der Waals surface area contributed by atoms with Crippen LogP contribution in [0, 0.1) is 0 Å². The van der Waals surface area contributed by atoms with Crippen LogP contribution in [0.4, 0.5) is 5.69 Å². The summed E-state index contributed by atoms with van der Waals surface area (Å²) in [6.07, 6.45) is 0. The van der Waals surface area contributed by atoms with Crippen molar-refractivity contribution in [1.82, 2.24) is 4.57 Å². The molecule has 6 aromatic carbocycles. The first-order valence-electron chi connectivity index (χ1n) is 16.9. The molecule has 0 fully saturated rings. The number of hydrogen-bond acceptors (Lipinski definition) is 5. The van der Waals surface area contributed by atoms with Crippen LogP contribution >= 0.6 is 0 Å². The fourth-order valence-electron chi connectivity index (χ4n) is 7.35. The maximum absolute atomic E-state index is 13.6. The normalized spacial score (nSPS) is 11.7. The van der Waals surface area contributed by atoms with Crippen molar-refractivity contribution in [2.24, 2.45) is 0 Å². The maximum Gasteiger partial charge on any atom is 0.344 e. The highest BCUT2D eigenvalue weighted by molar-refractivity contribution is 6.12. The molecule has 0 saturated carbocycles. The van der Waals surface area contributed by atoms with Crippen molar-refractivity contribution in [3.05, 3.63) is 154 Å². The highest BCUT2D eigenvalue weighted by atomic mass is 16.4. The van der Waals surface area contributed by atoms with Crippen LogP contribution in [0.15, 0.2) is 152 Å². The van der Waals surface area contributed by atoms with Crippen LogP contribution in [0.25, 0.3) is 82.5 Å². The van der Waals surface area contributed by atoms with Gasteiger partial charge in [0.15, 0.2) is 0 Å². The number of anilines is 1. The van der Waals surface area contributed by atoms with Crippen LogP contribution in [0.2, 0.25) is 0 Å². The van der Waals surface area contributed by atoms with Gasteiger partial charge in [-0.2, -0.15) is 0 Å². The first-order chi connectivity index (χ1) is 24.5. The Bertz CT molecular complexity index is 2900. The van der Waals surface area contributed by atoms with Crippen LogP contribution in [0.3, 0.4) is 0 Å². The van der Waals surface area contributed by atoms with E-state index in [2.05, 4.69) is 65.8 Å². The monoisotopic (exact) mass is 652 g/mol. The third-order valence-corrected chi connectivity index (χ3v) is 9.87. The smallest absolute Gasteiger partial charge is 0.344 e. The Morgan fingerprint density at radius 2 is 1.14 bits per heavy atom. The van der Waals surface area contributed by atoms with E-state index in [4.69, 9.17) is 8.83 Å². The van der Waals surface area contributed by atoms with Gasteiger partial charge in [-0.1, -0.05) is 66.7 Å². The predicted molar refractivity (Wildman–Crippen MR) is 205 cm³/mol. The zero-order chi connectivity index (χ0) is 33.9. The van der Waals surface area contributed by atoms with Crippen LogP contribution < -0.4 is 16.2 Å². The van der Waals surface area contributed by atoms with Crippen molar-refractivity contribution in [1.29, 1.82) is 0 Å². The fraction of sp³-hybridized carbons (Fsp3) is 0.0909. The minimum absolute atomic E-state index is 0.387. The van der Waals surface area contributed by atoms with Crippen LogP contribution in [0.1, 0.15) is 13.8 Å². The Morgan fingerprint density at radius 1 is 0.540 bits per heavy atom. The molecule has 9 aromatic rings. The molecular weight excluding hydrogens is 620 g/mol. The van der Waals surface area contributed by atoms with Gasteiger partial charge in [0.25, 0.3) is 0 Å². The largest absolute Gasteiger partial charge is 0.422 e. The van der Waals surface area contributed by atoms with E-state index in [0.29, 0.717) is 22.3 Å². The van der Waals surface area contributed by atoms with E-state index in [1.807, 2.05) is 91.0 Å². The van der Waals surface area contributed by atoms with Gasteiger partial charge in [-0.05, 0) is 91.0 Å². The second-order valence-electron chi connectivity index (χ2n) is 12.6. The minimum atomic E-state index is -0.390. The third-order valence-electron chi connectivity index (χ3n) is 9.87. The zero-order valence-corrected chi connectivity index (χ0v) is 27.6. The number of aromatic nitrogens is 1. The van der Waals surface area contributed by atoms with Gasteiger partial charge in [0.05, 0.1) is 22.2 Å². The summed E-state index contributed by atoms with van der Waals surface area (Å²) in [4.78, 5) is 29.3. The second-order valence-corrected chi connectivity index (χ2v) is 12.6. The molecule has 0 atom stereocenters. The molecule has 0 aliphatic carbocycles. The molecule has 0 bridgehead atoms. The Kier molecular flexibility index (Phi) is 6.92. The van der Waals surface area contributed by atoms with E-state index < -0.39 is 5.63 Å². The standard InChI is InChI=1S/C44H32N2O4/c1-3-45(4-2)33-19-16-30-24-35(43(47)49-41(30)26-33)28-17-20-39-37(22-28)38-23-29(18-21-40(38)46(39)32-11-6-5-7-12-32)36-25-31-15-14-27-10-8-9-13-34(27)42(31)50-44(36)48/h5-26H,3-4H2,1-2H3. The molecule has 0 saturated heterocycles. The molecular formula is C44H32N2O4. The number of nitrogens with zero attached hydrogens (tertiary/aromatic N) is 2. The van der Waals surface area contributed by atoms with Gasteiger partial charge in [0.1, 0.15) is 11.2 Å². The maximum atomic E-state index is 13.6. The highest BCUT2D eigenvalue weighted by Crippen LogP contribution is 2.37. The summed E-state index contributed by atoms with van der Waals surface area (Å²) in [5.41, 5.74) is 6.89. The Balaban J connectivity index is 1.24. The zero-order valence-electron chi connectivity index (χ0n) is 27.6. The van der Waals surface area contributed by atoms with Crippen LogP contribution in [-0.2, 0) is 0 Å². The molecule has 0 aliphatic heterocycles. The number of fused-ring (bicyclic) bond motifs is 7. The van der Waals surface area contributed by atoms with Crippen LogP contribution in [0.5, 0.6) is 0 Å². The van der Waals surface area contributed by atoms with Gasteiger partial charge >= 0.3 is 11.3 Å². The number of rotatable bonds is 6. The summed E-state index contributed by atoms with van der Waals surface area (Å²) in [5, 5.41) is 5.56. The van der Waals surface area contributed by atoms with Crippen molar-refractivity contribution in [2.45, 2.75) is 13.8 Å². The van der Waals surface area contributed by atoms with Gasteiger partial charge in [0.2, 0.25) is 0 Å². The first-order valence-corrected chi connectivity index (χ1v) is 16.9. The van der Waals surface area contributed by atoms with E-state index >= 15 is 0 Å². The molecule has 242 valence electrons. The average Bonchev–Trinajstić information content (AvgIpc) is 3.48. The van der Waals surface area contributed by atoms with Gasteiger partial charge in [-0.15, -0.1) is 0 Å². The quantitative estimate of drug-likeness (QED) is 0.132. The molecule has 6 heteroatoms. The van der Waals surface area contributed by atoms with Crippen molar-refractivity contribution in [3.63, 3.8) is 0 Å². The molecule has 3 aromatic heterocycles. The van der Waals surface area contributed by atoms with Crippen molar-refractivity contribution >= 4 is 60.2 Å². The number of hydrogen-bond donors (Lipinski definition) is 0. The van der Waals surface area contributed by atoms with E-state index in [1.54, 1.807) is 0 Å². The topological polar surface area (TPSA) is 68.6 Å². The molecule has 0 amide bonds. The molecule has 6 nitrogen and oxygen atoms in total. The molecule has 0 aliphatic rings. The van der Waals surface area contributed by atoms with Crippen LogP contribution in [-0.4, -0.2) is 17.7 Å². The summed E-state index contributed by atoms with van der Waals surface area (Å²) < 4.78 is 14.1. The molecule has 9 rings (SSSR count). The predicted octanol–water partition coefficient (Wildman–Crippen LogP) is 10.3. The third kappa shape index (κ3) is 4.71. The van der Waals surface area contributed by atoms with Gasteiger partial charge in [-0.3, -0.25) is 0 Å².